The van der Waals surface area contributed by atoms with Crippen LogP contribution in [0, 0.1) is 0 Å². The van der Waals surface area contributed by atoms with Crippen molar-refractivity contribution in [3.63, 3.8) is 0 Å². The first-order valence-corrected chi connectivity index (χ1v) is 4.71. The molecule has 0 bridgehead atoms. The second-order valence-electron chi connectivity index (χ2n) is 3.66. The van der Waals surface area contributed by atoms with Crippen molar-refractivity contribution in [2.24, 2.45) is 0 Å². The zero-order valence-corrected chi connectivity index (χ0v) is 9.06. The minimum absolute atomic E-state index is 0.581. The van der Waals surface area contributed by atoms with E-state index in [0.29, 0.717) is 6.54 Å². The quantitative estimate of drug-likeness (QED) is 0.575. The zero-order valence-electron chi connectivity index (χ0n) is 9.06. The third-order valence-electron chi connectivity index (χ3n) is 1.98. The summed E-state index contributed by atoms with van der Waals surface area (Å²) in [4.78, 5) is 3.74. The summed E-state index contributed by atoms with van der Waals surface area (Å²) in [5, 5.41) is 18.6. The first-order chi connectivity index (χ1) is 5.95. The van der Waals surface area contributed by atoms with Crippen LogP contribution in [0.2, 0.25) is 0 Å². The average Bonchev–Trinajstić information content (AvgIpc) is 1.95. The van der Waals surface area contributed by atoms with Crippen molar-refractivity contribution >= 4 is 0 Å². The van der Waals surface area contributed by atoms with Gasteiger partial charge in [-0.2, -0.15) is 0 Å². The molecule has 0 aromatic heterocycles. The van der Waals surface area contributed by atoms with Crippen molar-refractivity contribution in [2.45, 2.75) is 32.7 Å². The molecule has 0 aromatic rings. The van der Waals surface area contributed by atoms with Gasteiger partial charge in [0.15, 0.2) is 0 Å². The van der Waals surface area contributed by atoms with Gasteiger partial charge in [-0.1, -0.05) is 0 Å². The van der Waals surface area contributed by atoms with Crippen molar-refractivity contribution in [3.05, 3.63) is 0 Å². The Bertz CT molecular complexity index is 119. The van der Waals surface area contributed by atoms with Gasteiger partial charge in [0, 0.05) is 6.54 Å². The van der Waals surface area contributed by atoms with Gasteiger partial charge in [0.05, 0.1) is 0 Å². The standard InChI is InChI=1S/C9H22N2O2/c1-8(12)11(9(2)13)7-5-6-10(3)4/h8-9,12-13H,5-7H2,1-4H3. The van der Waals surface area contributed by atoms with Crippen LogP contribution < -0.4 is 0 Å². The summed E-state index contributed by atoms with van der Waals surface area (Å²) in [6, 6.07) is 0. The van der Waals surface area contributed by atoms with Crippen LogP contribution in [0.25, 0.3) is 0 Å². The number of nitrogens with zero attached hydrogens (tertiary/aromatic N) is 2. The number of hydrogen-bond donors (Lipinski definition) is 2. The Balaban J connectivity index is 3.70. The SMILES string of the molecule is CC(O)N(CCCN(C)C)C(C)O. The lowest BCUT2D eigenvalue weighted by Crippen LogP contribution is -2.41. The van der Waals surface area contributed by atoms with Gasteiger partial charge in [0.1, 0.15) is 12.5 Å². The fraction of sp³-hybridized carbons (Fsp3) is 1.00. The molecular formula is C9H22N2O2. The molecule has 0 saturated heterocycles. The maximum absolute atomic E-state index is 9.30. The van der Waals surface area contributed by atoms with Crippen LogP contribution in [0.4, 0.5) is 0 Å². The van der Waals surface area contributed by atoms with E-state index in [9.17, 15) is 10.2 Å². The molecule has 13 heavy (non-hydrogen) atoms. The molecule has 2 atom stereocenters. The van der Waals surface area contributed by atoms with Crippen LogP contribution in [0.5, 0.6) is 0 Å². The van der Waals surface area contributed by atoms with Gasteiger partial charge in [0.2, 0.25) is 0 Å². The predicted octanol–water partition coefficient (Wildman–Crippen LogP) is -0.0833. The van der Waals surface area contributed by atoms with Crippen molar-refractivity contribution in [3.8, 4) is 0 Å². The minimum atomic E-state index is -0.581. The molecule has 0 rings (SSSR count). The van der Waals surface area contributed by atoms with Crippen LogP contribution in [0.3, 0.4) is 0 Å². The van der Waals surface area contributed by atoms with Crippen LogP contribution in [-0.4, -0.2) is 59.7 Å². The van der Waals surface area contributed by atoms with Gasteiger partial charge in [-0.25, -0.2) is 0 Å². The molecule has 0 radical (unpaired) electrons. The smallest absolute Gasteiger partial charge is 0.106 e. The summed E-state index contributed by atoms with van der Waals surface area (Å²) in [5.41, 5.74) is 0. The molecule has 4 heteroatoms. The lowest BCUT2D eigenvalue weighted by Gasteiger charge is -2.28. The molecule has 0 spiro atoms. The monoisotopic (exact) mass is 190 g/mol. The highest BCUT2D eigenvalue weighted by atomic mass is 16.3. The van der Waals surface area contributed by atoms with Gasteiger partial charge < -0.3 is 15.1 Å². The third-order valence-corrected chi connectivity index (χ3v) is 1.98. The maximum Gasteiger partial charge on any atom is 0.106 e. The van der Waals surface area contributed by atoms with Gasteiger partial charge in [-0.05, 0) is 40.9 Å². The summed E-state index contributed by atoms with van der Waals surface area (Å²) < 4.78 is 0. The van der Waals surface area contributed by atoms with E-state index < -0.39 is 12.5 Å². The number of rotatable bonds is 6. The Hall–Kier alpha value is -0.160. The van der Waals surface area contributed by atoms with Gasteiger partial charge in [-0.15, -0.1) is 0 Å². The van der Waals surface area contributed by atoms with Crippen LogP contribution >= 0.6 is 0 Å². The van der Waals surface area contributed by atoms with E-state index in [1.165, 1.54) is 0 Å². The van der Waals surface area contributed by atoms with E-state index >= 15 is 0 Å². The highest BCUT2D eigenvalue weighted by molar-refractivity contribution is 4.60. The van der Waals surface area contributed by atoms with Gasteiger partial charge >= 0.3 is 0 Å². The third kappa shape index (κ3) is 5.99. The Morgan fingerprint density at radius 3 is 1.77 bits per heavy atom. The first-order valence-electron chi connectivity index (χ1n) is 4.71. The van der Waals surface area contributed by atoms with Crippen molar-refractivity contribution in [1.82, 2.24) is 9.80 Å². The maximum atomic E-state index is 9.30. The van der Waals surface area contributed by atoms with E-state index in [1.807, 2.05) is 14.1 Å². The van der Waals surface area contributed by atoms with E-state index in [1.54, 1.807) is 18.7 Å². The average molecular weight is 190 g/mol. The molecule has 2 N–H and O–H groups in total. The number of hydrogen-bond acceptors (Lipinski definition) is 4. The fourth-order valence-electron chi connectivity index (χ4n) is 1.26. The molecular weight excluding hydrogens is 168 g/mol. The molecule has 4 nitrogen and oxygen atoms in total. The van der Waals surface area contributed by atoms with E-state index in [4.69, 9.17) is 0 Å². The largest absolute Gasteiger partial charge is 0.379 e. The first kappa shape index (κ1) is 12.8. The summed E-state index contributed by atoms with van der Waals surface area (Å²) in [6.07, 6.45) is -0.215. The highest BCUT2D eigenvalue weighted by Crippen LogP contribution is 2.02. The summed E-state index contributed by atoms with van der Waals surface area (Å²) in [5.74, 6) is 0. The summed E-state index contributed by atoms with van der Waals surface area (Å²) in [7, 11) is 4.02. The highest BCUT2D eigenvalue weighted by Gasteiger charge is 2.14. The molecule has 0 aliphatic carbocycles. The lowest BCUT2D eigenvalue weighted by atomic mass is 10.3. The molecule has 0 saturated carbocycles. The molecule has 0 amide bonds. The van der Waals surface area contributed by atoms with Crippen LogP contribution in [-0.2, 0) is 0 Å². The molecule has 0 aromatic carbocycles. The normalized spacial score (nSPS) is 16.6. The van der Waals surface area contributed by atoms with Crippen LogP contribution in [0.15, 0.2) is 0 Å². The molecule has 0 heterocycles. The number of aliphatic hydroxyl groups is 2. The Labute approximate surface area is 80.8 Å². The topological polar surface area (TPSA) is 46.9 Å². The summed E-state index contributed by atoms with van der Waals surface area (Å²) in [6.45, 7) is 5.02. The Kier molecular flexibility index (Phi) is 6.24. The molecule has 0 aliphatic rings. The van der Waals surface area contributed by atoms with Crippen molar-refractivity contribution in [1.29, 1.82) is 0 Å². The Morgan fingerprint density at radius 1 is 1.00 bits per heavy atom. The van der Waals surface area contributed by atoms with Crippen molar-refractivity contribution < 1.29 is 10.2 Å². The molecule has 80 valence electrons. The van der Waals surface area contributed by atoms with E-state index in [2.05, 4.69) is 4.90 Å². The van der Waals surface area contributed by atoms with Crippen LogP contribution in [0.1, 0.15) is 20.3 Å². The molecule has 0 fully saturated rings. The predicted molar refractivity (Wildman–Crippen MR) is 53.2 cm³/mol. The zero-order chi connectivity index (χ0) is 10.4. The minimum Gasteiger partial charge on any atom is -0.379 e. The summed E-state index contributed by atoms with van der Waals surface area (Å²) >= 11 is 0. The van der Waals surface area contributed by atoms with E-state index in [0.717, 1.165) is 13.0 Å². The number of aliphatic hydroxyl groups excluding tert-OH is 2. The molecule has 2 unspecified atom stereocenters. The molecule has 0 aliphatic heterocycles. The van der Waals surface area contributed by atoms with Gasteiger partial charge in [0.25, 0.3) is 0 Å². The second kappa shape index (κ2) is 6.32. The fourth-order valence-corrected chi connectivity index (χ4v) is 1.26. The van der Waals surface area contributed by atoms with E-state index in [-0.39, 0.29) is 0 Å². The van der Waals surface area contributed by atoms with Crippen molar-refractivity contribution in [2.75, 3.05) is 27.2 Å². The van der Waals surface area contributed by atoms with Gasteiger partial charge in [-0.3, -0.25) is 4.90 Å². The Morgan fingerprint density at radius 2 is 1.46 bits per heavy atom. The lowest BCUT2D eigenvalue weighted by molar-refractivity contribution is -0.0847. The second-order valence-corrected chi connectivity index (χ2v) is 3.66.